The molecule has 0 saturated carbocycles. The maximum atomic E-state index is 13.8. The van der Waals surface area contributed by atoms with Gasteiger partial charge in [0.05, 0.1) is 6.04 Å². The highest BCUT2D eigenvalue weighted by molar-refractivity contribution is 7.98. The van der Waals surface area contributed by atoms with Crippen molar-refractivity contribution >= 4 is 52.2 Å². The Balaban J connectivity index is 1.78. The Labute approximate surface area is 279 Å². The molecule has 47 heavy (non-hydrogen) atoms. The van der Waals surface area contributed by atoms with Gasteiger partial charge in [0.2, 0.25) is 29.5 Å². The van der Waals surface area contributed by atoms with E-state index < -0.39 is 59.7 Å². The van der Waals surface area contributed by atoms with Crippen LogP contribution in [0.5, 0.6) is 0 Å². The third kappa shape index (κ3) is 11.4. The molecular formula is C34H47N7O5S. The van der Waals surface area contributed by atoms with Gasteiger partial charge in [0.1, 0.15) is 24.2 Å². The number of aromatic nitrogens is 1. The molecule has 0 bridgehead atoms. The van der Waals surface area contributed by atoms with E-state index in [0.29, 0.717) is 12.2 Å². The van der Waals surface area contributed by atoms with Gasteiger partial charge in [0.15, 0.2) is 0 Å². The van der Waals surface area contributed by atoms with Gasteiger partial charge in [-0.1, -0.05) is 62.4 Å². The quantitative estimate of drug-likeness (QED) is 0.107. The maximum Gasteiger partial charge on any atom is 0.243 e. The van der Waals surface area contributed by atoms with Crippen molar-refractivity contribution < 1.29 is 24.0 Å². The van der Waals surface area contributed by atoms with Crippen LogP contribution in [0.3, 0.4) is 0 Å². The first-order valence-corrected chi connectivity index (χ1v) is 17.1. The first-order chi connectivity index (χ1) is 22.4. The number of carbonyl (C=O) groups is 5. The molecule has 0 aliphatic carbocycles. The summed E-state index contributed by atoms with van der Waals surface area (Å²) in [7, 11) is 0. The molecule has 0 aliphatic heterocycles. The molecule has 0 unspecified atom stereocenters. The Hall–Kier alpha value is -4.36. The summed E-state index contributed by atoms with van der Waals surface area (Å²) in [6.07, 6.45) is 4.69. The lowest BCUT2D eigenvalue weighted by Gasteiger charge is -2.27. The highest BCUT2D eigenvalue weighted by atomic mass is 32.2. The van der Waals surface area contributed by atoms with Gasteiger partial charge in [0.25, 0.3) is 0 Å². The number of carbonyl (C=O) groups excluding carboxylic acids is 5. The Kier molecular flexibility index (Phi) is 14.3. The summed E-state index contributed by atoms with van der Waals surface area (Å²) < 4.78 is 0. The highest BCUT2D eigenvalue weighted by Crippen LogP contribution is 2.19. The number of nitrogens with two attached hydrogens (primary N) is 2. The fourth-order valence-electron chi connectivity index (χ4n) is 5.11. The summed E-state index contributed by atoms with van der Waals surface area (Å²) in [6, 6.07) is 12.1. The van der Waals surface area contributed by atoms with Crippen molar-refractivity contribution in [2.45, 2.75) is 76.7 Å². The fourth-order valence-corrected chi connectivity index (χ4v) is 5.58. The average Bonchev–Trinajstić information content (AvgIpc) is 3.44. The molecule has 5 amide bonds. The lowest BCUT2D eigenvalue weighted by molar-refractivity contribution is -0.134. The van der Waals surface area contributed by atoms with Gasteiger partial charge in [0, 0.05) is 23.5 Å². The third-order valence-electron chi connectivity index (χ3n) is 7.74. The average molecular weight is 666 g/mol. The summed E-state index contributed by atoms with van der Waals surface area (Å²) in [5.41, 5.74) is 14.3. The Bertz CT molecular complexity index is 1510. The topological polar surface area (TPSA) is 201 Å². The molecule has 1 aromatic heterocycles. The minimum absolute atomic E-state index is 0.0353. The van der Waals surface area contributed by atoms with Crippen molar-refractivity contribution in [3.05, 3.63) is 71.9 Å². The first-order valence-electron chi connectivity index (χ1n) is 15.7. The maximum absolute atomic E-state index is 13.8. The predicted molar refractivity (Wildman–Crippen MR) is 185 cm³/mol. The molecule has 5 atom stereocenters. The van der Waals surface area contributed by atoms with Gasteiger partial charge in [-0.25, -0.2) is 0 Å². The zero-order chi connectivity index (χ0) is 34.5. The van der Waals surface area contributed by atoms with Crippen LogP contribution >= 0.6 is 11.8 Å². The van der Waals surface area contributed by atoms with Crippen molar-refractivity contribution in [2.75, 3.05) is 12.0 Å². The second kappa shape index (κ2) is 18.1. The van der Waals surface area contributed by atoms with E-state index in [9.17, 15) is 24.0 Å². The van der Waals surface area contributed by atoms with E-state index >= 15 is 0 Å². The van der Waals surface area contributed by atoms with Gasteiger partial charge >= 0.3 is 0 Å². The molecule has 0 aliphatic rings. The van der Waals surface area contributed by atoms with Crippen LogP contribution in [0.1, 0.15) is 44.7 Å². The molecule has 254 valence electrons. The highest BCUT2D eigenvalue weighted by Gasteiger charge is 2.31. The van der Waals surface area contributed by atoms with Crippen molar-refractivity contribution in [1.29, 1.82) is 0 Å². The van der Waals surface area contributed by atoms with Crippen molar-refractivity contribution in [3.8, 4) is 0 Å². The van der Waals surface area contributed by atoms with Gasteiger partial charge in [-0.2, -0.15) is 11.8 Å². The van der Waals surface area contributed by atoms with Crippen LogP contribution in [-0.4, -0.2) is 76.7 Å². The summed E-state index contributed by atoms with van der Waals surface area (Å²) in [6.45, 7) is 5.26. The number of aromatic amines is 1. The summed E-state index contributed by atoms with van der Waals surface area (Å²) in [5, 5.41) is 11.9. The number of nitrogens with one attached hydrogen (secondary N) is 5. The van der Waals surface area contributed by atoms with Crippen molar-refractivity contribution in [3.63, 3.8) is 0 Å². The number of thioether (sulfide) groups is 1. The largest absolute Gasteiger partial charge is 0.368 e. The molecule has 1 heterocycles. The lowest BCUT2D eigenvalue weighted by atomic mass is 10.0. The van der Waals surface area contributed by atoms with Gasteiger partial charge in [-0.05, 0) is 61.3 Å². The van der Waals surface area contributed by atoms with Gasteiger partial charge < -0.3 is 37.7 Å². The molecule has 3 aromatic rings. The number of para-hydroxylation sites is 1. The number of hydrogen-bond donors (Lipinski definition) is 7. The number of amides is 5. The minimum Gasteiger partial charge on any atom is -0.368 e. The van der Waals surface area contributed by atoms with Crippen LogP contribution in [0.4, 0.5) is 0 Å². The lowest BCUT2D eigenvalue weighted by Crippen LogP contribution is -2.59. The van der Waals surface area contributed by atoms with Crippen LogP contribution in [0.25, 0.3) is 10.9 Å². The monoisotopic (exact) mass is 665 g/mol. The van der Waals surface area contributed by atoms with Crippen LogP contribution in [0, 0.1) is 5.92 Å². The van der Waals surface area contributed by atoms with Crippen LogP contribution in [-0.2, 0) is 36.8 Å². The number of benzene rings is 2. The molecule has 3 rings (SSSR count). The molecule has 0 spiro atoms. The molecule has 2 aromatic carbocycles. The standard InChI is InChI=1S/C34H47N7O5S/c1-20(2)16-28(33(45)38-21(3)30(36)42)41-32(44)27(14-15-47-4)39-34(46)29(17-22-10-6-5-7-11-22)40-31(43)25(35)18-23-19-37-26-13-9-8-12-24(23)26/h5-13,19-21,25,27-29,37H,14-18,35H2,1-4H3,(H2,36,42)(H,38,45)(H,39,46)(H,40,43)(H,41,44)/t21-,25-,27-,28-,29-/m0/s1. The molecule has 12 nitrogen and oxygen atoms in total. The van der Waals surface area contributed by atoms with Crippen molar-refractivity contribution in [2.24, 2.45) is 17.4 Å². The Morgan fingerprint density at radius 1 is 0.766 bits per heavy atom. The Morgan fingerprint density at radius 3 is 2.02 bits per heavy atom. The number of primary amides is 1. The summed E-state index contributed by atoms with van der Waals surface area (Å²) in [5.74, 6) is -2.29. The third-order valence-corrected chi connectivity index (χ3v) is 8.38. The van der Waals surface area contributed by atoms with E-state index in [2.05, 4.69) is 26.3 Å². The normalized spacial score (nSPS) is 14.4. The summed E-state index contributed by atoms with van der Waals surface area (Å²) in [4.78, 5) is 68.4. The summed E-state index contributed by atoms with van der Waals surface area (Å²) >= 11 is 1.50. The molecule has 0 fully saturated rings. The van der Waals surface area contributed by atoms with E-state index in [1.165, 1.54) is 18.7 Å². The van der Waals surface area contributed by atoms with E-state index in [1.807, 2.05) is 80.9 Å². The first kappa shape index (κ1) is 37.1. The van der Waals surface area contributed by atoms with Crippen molar-refractivity contribution in [1.82, 2.24) is 26.3 Å². The second-order valence-electron chi connectivity index (χ2n) is 12.1. The zero-order valence-electron chi connectivity index (χ0n) is 27.4. The van der Waals surface area contributed by atoms with Crippen LogP contribution in [0.15, 0.2) is 60.8 Å². The predicted octanol–water partition coefficient (Wildman–Crippen LogP) is 1.52. The zero-order valence-corrected chi connectivity index (χ0v) is 28.2. The van der Waals surface area contributed by atoms with Gasteiger partial charge in [-0.3, -0.25) is 24.0 Å². The minimum atomic E-state index is -1.03. The smallest absolute Gasteiger partial charge is 0.243 e. The molecular weight excluding hydrogens is 618 g/mol. The van der Waals surface area contributed by atoms with Gasteiger partial charge in [-0.15, -0.1) is 0 Å². The number of rotatable bonds is 18. The van der Waals surface area contributed by atoms with E-state index in [-0.39, 0.29) is 25.2 Å². The fraction of sp³-hybridized carbons (Fsp3) is 0.441. The number of H-pyrrole nitrogens is 1. The molecule has 0 radical (unpaired) electrons. The Morgan fingerprint density at radius 2 is 1.36 bits per heavy atom. The molecule has 13 heteroatoms. The number of hydrogen-bond acceptors (Lipinski definition) is 7. The second-order valence-corrected chi connectivity index (χ2v) is 13.1. The van der Waals surface area contributed by atoms with Crippen LogP contribution in [0.2, 0.25) is 0 Å². The van der Waals surface area contributed by atoms with Crippen LogP contribution < -0.4 is 32.7 Å². The van der Waals surface area contributed by atoms with E-state index in [1.54, 1.807) is 0 Å². The molecule has 9 N–H and O–H groups in total. The SMILES string of the molecule is CSCC[C@H](NC(=O)[C@H](Cc1ccccc1)NC(=O)[C@@H](N)Cc1c[nH]c2ccccc12)C(=O)N[C@@H](CC(C)C)C(=O)N[C@@H](C)C(N)=O. The number of fused-ring (bicyclic) bond motifs is 1. The molecule has 0 saturated heterocycles. The van der Waals surface area contributed by atoms with E-state index in [4.69, 9.17) is 11.5 Å². The van der Waals surface area contributed by atoms with E-state index in [0.717, 1.165) is 22.0 Å².